The van der Waals surface area contributed by atoms with Gasteiger partial charge in [0.1, 0.15) is 5.75 Å². The van der Waals surface area contributed by atoms with Crippen molar-refractivity contribution in [1.82, 2.24) is 14.4 Å². The Kier molecular flexibility index (Phi) is 7.28. The summed E-state index contributed by atoms with van der Waals surface area (Å²) in [4.78, 5) is 17.1. The highest BCUT2D eigenvalue weighted by Crippen LogP contribution is 2.28. The SMILES string of the molecule is CCOc1ccccc1-c1noc(COC(=O)c2cc(S(=O)(=O)N3CCCCC3)ccc2C)n1. The minimum absolute atomic E-state index is 0.0829. The fourth-order valence-electron chi connectivity index (χ4n) is 3.80. The molecule has 0 radical (unpaired) electrons. The molecule has 0 N–H and O–H groups in total. The largest absolute Gasteiger partial charge is 0.493 e. The molecule has 0 bridgehead atoms. The minimum Gasteiger partial charge on any atom is -0.493 e. The normalized spacial score (nSPS) is 14.6. The second-order valence-corrected chi connectivity index (χ2v) is 9.90. The molecule has 0 spiro atoms. The lowest BCUT2D eigenvalue weighted by Gasteiger charge is -2.26. The quantitative estimate of drug-likeness (QED) is 0.441. The number of hydrogen-bond donors (Lipinski definition) is 0. The summed E-state index contributed by atoms with van der Waals surface area (Å²) >= 11 is 0. The summed E-state index contributed by atoms with van der Waals surface area (Å²) in [5, 5.41) is 3.95. The lowest BCUT2D eigenvalue weighted by atomic mass is 10.1. The molecule has 2 heterocycles. The van der Waals surface area contributed by atoms with Gasteiger partial charge in [0.15, 0.2) is 6.61 Å². The molecule has 1 aliphatic heterocycles. The molecule has 0 saturated carbocycles. The molecule has 0 amide bonds. The first-order valence-electron chi connectivity index (χ1n) is 11.2. The number of esters is 1. The van der Waals surface area contributed by atoms with Crippen LogP contribution in [0, 0.1) is 6.92 Å². The van der Waals surface area contributed by atoms with Gasteiger partial charge in [-0.3, -0.25) is 0 Å². The van der Waals surface area contributed by atoms with Gasteiger partial charge in [-0.15, -0.1) is 0 Å². The van der Waals surface area contributed by atoms with E-state index in [0.717, 1.165) is 19.3 Å². The number of nitrogens with zero attached hydrogens (tertiary/aromatic N) is 3. The average Bonchev–Trinajstić information content (AvgIpc) is 3.33. The first-order valence-corrected chi connectivity index (χ1v) is 12.7. The fraction of sp³-hybridized carbons (Fsp3) is 0.375. The third-order valence-corrected chi connectivity index (χ3v) is 7.50. The maximum Gasteiger partial charge on any atom is 0.338 e. The van der Waals surface area contributed by atoms with Crippen molar-refractivity contribution in [3.8, 4) is 17.1 Å². The van der Waals surface area contributed by atoms with Crippen LogP contribution in [-0.2, 0) is 21.4 Å². The van der Waals surface area contributed by atoms with E-state index in [2.05, 4.69) is 10.1 Å². The monoisotopic (exact) mass is 485 g/mol. The van der Waals surface area contributed by atoms with Crippen LogP contribution < -0.4 is 4.74 Å². The third-order valence-electron chi connectivity index (χ3n) is 5.60. The number of piperidine rings is 1. The Morgan fingerprint density at radius 3 is 2.65 bits per heavy atom. The molecule has 4 rings (SSSR count). The van der Waals surface area contributed by atoms with E-state index in [1.54, 1.807) is 13.0 Å². The van der Waals surface area contributed by atoms with Crippen molar-refractivity contribution in [3.63, 3.8) is 0 Å². The van der Waals surface area contributed by atoms with Gasteiger partial charge in [-0.1, -0.05) is 29.8 Å². The lowest BCUT2D eigenvalue weighted by molar-refractivity contribution is 0.0428. The molecule has 34 heavy (non-hydrogen) atoms. The molecule has 180 valence electrons. The summed E-state index contributed by atoms with van der Waals surface area (Å²) in [6.07, 6.45) is 2.69. The van der Waals surface area contributed by atoms with Crippen LogP contribution in [0.4, 0.5) is 0 Å². The Morgan fingerprint density at radius 2 is 1.88 bits per heavy atom. The highest BCUT2D eigenvalue weighted by Gasteiger charge is 2.27. The molecule has 0 atom stereocenters. The number of carbonyl (C=O) groups excluding carboxylic acids is 1. The van der Waals surface area contributed by atoms with Gasteiger partial charge in [0.05, 0.1) is 22.6 Å². The number of ether oxygens (including phenoxy) is 2. The van der Waals surface area contributed by atoms with Crippen LogP contribution in [0.5, 0.6) is 5.75 Å². The molecule has 1 saturated heterocycles. The molecule has 10 heteroatoms. The van der Waals surface area contributed by atoms with Crippen LogP contribution in [0.3, 0.4) is 0 Å². The van der Waals surface area contributed by atoms with Gasteiger partial charge in [-0.05, 0) is 56.5 Å². The summed E-state index contributed by atoms with van der Waals surface area (Å²) in [7, 11) is -3.67. The standard InChI is InChI=1S/C24H27N3O6S/c1-3-31-21-10-6-5-9-19(21)23-25-22(33-26-23)16-32-24(28)20-15-18(12-11-17(20)2)34(29,30)27-13-7-4-8-14-27/h5-6,9-12,15H,3-4,7-8,13-14,16H2,1-2H3. The average molecular weight is 486 g/mol. The number of sulfonamides is 1. The number of hydrogen-bond acceptors (Lipinski definition) is 8. The van der Waals surface area contributed by atoms with E-state index in [0.29, 0.717) is 42.4 Å². The Bertz CT molecular complexity index is 1270. The summed E-state index contributed by atoms with van der Waals surface area (Å²) in [5.74, 6) is 0.393. The summed E-state index contributed by atoms with van der Waals surface area (Å²) in [6, 6.07) is 11.8. The molecule has 0 unspecified atom stereocenters. The number of para-hydroxylation sites is 1. The number of rotatable bonds is 8. The topological polar surface area (TPSA) is 112 Å². The molecule has 1 fully saturated rings. The summed E-state index contributed by atoms with van der Waals surface area (Å²) in [6.45, 7) is 4.83. The zero-order chi connectivity index (χ0) is 24.1. The first-order chi connectivity index (χ1) is 16.4. The molecule has 0 aliphatic carbocycles. The van der Waals surface area contributed by atoms with Crippen molar-refractivity contribution in [1.29, 1.82) is 0 Å². The van der Waals surface area contributed by atoms with E-state index >= 15 is 0 Å². The zero-order valence-electron chi connectivity index (χ0n) is 19.2. The second kappa shape index (κ2) is 10.4. The van der Waals surface area contributed by atoms with Gasteiger partial charge in [0.2, 0.25) is 15.8 Å². The van der Waals surface area contributed by atoms with Crippen LogP contribution in [0.2, 0.25) is 0 Å². The Hall–Kier alpha value is -3.24. The molecule has 1 aromatic heterocycles. The van der Waals surface area contributed by atoms with Crippen molar-refractivity contribution < 1.29 is 27.2 Å². The van der Waals surface area contributed by atoms with Gasteiger partial charge in [0.25, 0.3) is 5.89 Å². The summed E-state index contributed by atoms with van der Waals surface area (Å²) < 4.78 is 43.6. The van der Waals surface area contributed by atoms with Crippen molar-refractivity contribution >= 4 is 16.0 Å². The van der Waals surface area contributed by atoms with E-state index in [-0.39, 0.29) is 23.0 Å². The van der Waals surface area contributed by atoms with E-state index in [1.165, 1.54) is 16.4 Å². The lowest BCUT2D eigenvalue weighted by Crippen LogP contribution is -2.35. The highest BCUT2D eigenvalue weighted by atomic mass is 32.2. The van der Waals surface area contributed by atoms with Crippen molar-refractivity contribution in [2.75, 3.05) is 19.7 Å². The molecule has 9 nitrogen and oxygen atoms in total. The first kappa shape index (κ1) is 23.9. The minimum atomic E-state index is -3.67. The number of aryl methyl sites for hydroxylation is 1. The smallest absolute Gasteiger partial charge is 0.338 e. The summed E-state index contributed by atoms with van der Waals surface area (Å²) in [5.41, 5.74) is 1.45. The van der Waals surface area contributed by atoms with Gasteiger partial charge >= 0.3 is 5.97 Å². The van der Waals surface area contributed by atoms with Crippen LogP contribution in [0.25, 0.3) is 11.4 Å². The molecule has 2 aromatic carbocycles. The van der Waals surface area contributed by atoms with Crippen LogP contribution in [-0.4, -0.2) is 48.5 Å². The third kappa shape index (κ3) is 5.13. The van der Waals surface area contributed by atoms with E-state index in [1.807, 2.05) is 31.2 Å². The maximum absolute atomic E-state index is 13.0. The molecular weight excluding hydrogens is 458 g/mol. The van der Waals surface area contributed by atoms with Crippen molar-refractivity contribution in [3.05, 3.63) is 59.5 Å². The predicted molar refractivity (Wildman–Crippen MR) is 124 cm³/mol. The number of carbonyl (C=O) groups is 1. The zero-order valence-corrected chi connectivity index (χ0v) is 20.0. The maximum atomic E-state index is 13.0. The number of aromatic nitrogens is 2. The van der Waals surface area contributed by atoms with Crippen molar-refractivity contribution in [2.24, 2.45) is 0 Å². The van der Waals surface area contributed by atoms with Crippen LogP contribution >= 0.6 is 0 Å². The molecule has 1 aliphatic rings. The highest BCUT2D eigenvalue weighted by molar-refractivity contribution is 7.89. The second-order valence-electron chi connectivity index (χ2n) is 7.96. The fourth-order valence-corrected chi connectivity index (χ4v) is 5.34. The molecular formula is C24H27N3O6S. The Labute approximate surface area is 198 Å². The van der Waals surface area contributed by atoms with E-state index in [9.17, 15) is 13.2 Å². The number of benzene rings is 2. The Morgan fingerprint density at radius 1 is 1.12 bits per heavy atom. The molecule has 3 aromatic rings. The van der Waals surface area contributed by atoms with Gasteiger partial charge in [-0.2, -0.15) is 9.29 Å². The van der Waals surface area contributed by atoms with Gasteiger partial charge < -0.3 is 14.0 Å². The van der Waals surface area contributed by atoms with Crippen LogP contribution in [0.15, 0.2) is 51.9 Å². The predicted octanol–water partition coefficient (Wildman–Crippen LogP) is 3.98. The van der Waals surface area contributed by atoms with Crippen molar-refractivity contribution in [2.45, 2.75) is 44.6 Å². The van der Waals surface area contributed by atoms with Gasteiger partial charge in [0, 0.05) is 13.1 Å². The van der Waals surface area contributed by atoms with E-state index < -0.39 is 16.0 Å². The van der Waals surface area contributed by atoms with E-state index in [4.69, 9.17) is 14.0 Å². The van der Waals surface area contributed by atoms with Crippen LogP contribution in [0.1, 0.15) is 48.0 Å². The van der Waals surface area contributed by atoms with Gasteiger partial charge in [-0.25, -0.2) is 13.2 Å². The Balaban J connectivity index is 1.47.